The molecule has 2 bridgehead atoms. The van der Waals surface area contributed by atoms with Crippen LogP contribution in [0.1, 0.15) is 6.42 Å². The molecule has 7 heteroatoms. The molecule has 0 radical (unpaired) electrons. The first kappa shape index (κ1) is 10.7. The number of nitrogens with zero attached hydrogens (tertiary/aromatic N) is 1. The van der Waals surface area contributed by atoms with E-state index in [-0.39, 0.29) is 18.6 Å². The van der Waals surface area contributed by atoms with Gasteiger partial charge in [0.05, 0.1) is 12.7 Å². The van der Waals surface area contributed by atoms with Crippen LogP contribution in [-0.4, -0.2) is 54.4 Å². The predicted octanol–water partition coefficient (Wildman–Crippen LogP) is -0.846. The van der Waals surface area contributed by atoms with Gasteiger partial charge in [-0.25, -0.2) is 0 Å². The first-order valence-corrected chi connectivity index (χ1v) is 4.69. The molecular weight excluding hydrogens is 206 g/mol. The maximum absolute atomic E-state index is 10.4. The number of aliphatic hydroxyl groups is 1. The number of fused-ring (bicyclic) bond motifs is 2. The van der Waals surface area contributed by atoms with E-state index in [2.05, 4.69) is 0 Å². The third kappa shape index (κ3) is 1.83. The van der Waals surface area contributed by atoms with Crippen molar-refractivity contribution in [3.63, 3.8) is 0 Å². The van der Waals surface area contributed by atoms with Crippen molar-refractivity contribution in [2.75, 3.05) is 20.3 Å². The number of hydrogen-bond acceptors (Lipinski definition) is 6. The Labute approximate surface area is 86.1 Å². The van der Waals surface area contributed by atoms with E-state index < -0.39 is 23.4 Å². The first-order valence-electron chi connectivity index (χ1n) is 4.69. The van der Waals surface area contributed by atoms with E-state index in [1.54, 1.807) is 0 Å². The highest BCUT2D eigenvalue weighted by Crippen LogP contribution is 2.36. The van der Waals surface area contributed by atoms with E-state index >= 15 is 0 Å². The van der Waals surface area contributed by atoms with Gasteiger partial charge >= 0.3 is 0 Å². The molecule has 0 aromatic heterocycles. The molecule has 2 aliphatic rings. The number of methoxy groups -OCH3 is 1. The average molecular weight is 219 g/mol. The van der Waals surface area contributed by atoms with Crippen LogP contribution in [0.3, 0.4) is 0 Å². The molecule has 0 aliphatic carbocycles. The summed E-state index contributed by atoms with van der Waals surface area (Å²) in [5.74, 6) is 0. The summed E-state index contributed by atoms with van der Waals surface area (Å²) in [6, 6.07) is 0. The number of rotatable bonds is 3. The van der Waals surface area contributed by atoms with E-state index in [4.69, 9.17) is 14.2 Å². The second kappa shape index (κ2) is 3.67. The van der Waals surface area contributed by atoms with Crippen molar-refractivity contribution >= 4 is 0 Å². The maximum atomic E-state index is 10.4. The lowest BCUT2D eigenvalue weighted by Crippen LogP contribution is -2.56. The molecule has 86 valence electrons. The van der Waals surface area contributed by atoms with Gasteiger partial charge < -0.3 is 19.3 Å². The lowest BCUT2D eigenvalue weighted by atomic mass is 9.91. The minimum atomic E-state index is -1.59. The summed E-state index contributed by atoms with van der Waals surface area (Å²) in [5, 5.41) is 20.5. The van der Waals surface area contributed by atoms with Crippen LogP contribution in [0.15, 0.2) is 0 Å². The molecule has 15 heavy (non-hydrogen) atoms. The van der Waals surface area contributed by atoms with Crippen LogP contribution in [-0.2, 0) is 14.2 Å². The van der Waals surface area contributed by atoms with Gasteiger partial charge in [-0.3, -0.25) is 10.1 Å². The minimum Gasteiger partial charge on any atom is -0.379 e. The van der Waals surface area contributed by atoms with Gasteiger partial charge in [0.15, 0.2) is 11.9 Å². The molecule has 1 unspecified atom stereocenters. The highest BCUT2D eigenvalue weighted by atomic mass is 16.7. The summed E-state index contributed by atoms with van der Waals surface area (Å²) in [6.45, 7) is -0.284. The quantitative estimate of drug-likeness (QED) is 0.491. The molecule has 2 heterocycles. The van der Waals surface area contributed by atoms with Crippen LogP contribution in [0, 0.1) is 10.1 Å². The van der Waals surface area contributed by atoms with E-state index in [1.807, 2.05) is 0 Å². The van der Waals surface area contributed by atoms with Crippen molar-refractivity contribution < 1.29 is 24.2 Å². The van der Waals surface area contributed by atoms with Crippen molar-refractivity contribution in [3.8, 4) is 0 Å². The molecule has 4 atom stereocenters. The van der Waals surface area contributed by atoms with Gasteiger partial charge in [0.2, 0.25) is 6.54 Å². The Bertz CT molecular complexity index is 272. The fourth-order valence-electron chi connectivity index (χ4n) is 2.07. The molecule has 2 rings (SSSR count). The molecule has 0 saturated carbocycles. The molecule has 0 amide bonds. The van der Waals surface area contributed by atoms with Crippen molar-refractivity contribution in [2.45, 2.75) is 30.5 Å². The van der Waals surface area contributed by atoms with Gasteiger partial charge in [-0.2, -0.15) is 0 Å². The Kier molecular flexibility index (Phi) is 2.63. The zero-order valence-corrected chi connectivity index (χ0v) is 8.29. The number of nitro groups is 1. The summed E-state index contributed by atoms with van der Waals surface area (Å²) in [6.07, 6.45) is -1.32. The zero-order chi connectivity index (χ0) is 11.1. The second-order valence-electron chi connectivity index (χ2n) is 3.91. The van der Waals surface area contributed by atoms with Crippen LogP contribution >= 0.6 is 0 Å². The van der Waals surface area contributed by atoms with Gasteiger partial charge in [0.1, 0.15) is 6.10 Å². The van der Waals surface area contributed by atoms with E-state index in [9.17, 15) is 15.2 Å². The Morgan fingerprint density at radius 3 is 3.07 bits per heavy atom. The van der Waals surface area contributed by atoms with Crippen molar-refractivity contribution in [3.05, 3.63) is 10.1 Å². The predicted molar refractivity (Wildman–Crippen MR) is 46.8 cm³/mol. The lowest BCUT2D eigenvalue weighted by molar-refractivity contribution is -0.511. The van der Waals surface area contributed by atoms with Crippen molar-refractivity contribution in [1.29, 1.82) is 0 Å². The Hall–Kier alpha value is -0.760. The van der Waals surface area contributed by atoms with Crippen molar-refractivity contribution in [2.24, 2.45) is 0 Å². The third-order valence-electron chi connectivity index (χ3n) is 2.82. The molecular formula is C8H13NO6. The van der Waals surface area contributed by atoms with E-state index in [0.29, 0.717) is 6.61 Å². The second-order valence-corrected chi connectivity index (χ2v) is 3.91. The maximum Gasteiger partial charge on any atom is 0.237 e. The Morgan fingerprint density at radius 2 is 2.47 bits per heavy atom. The summed E-state index contributed by atoms with van der Waals surface area (Å²) in [5.41, 5.74) is -1.59. The largest absolute Gasteiger partial charge is 0.379 e. The van der Waals surface area contributed by atoms with Gasteiger partial charge in [0, 0.05) is 18.5 Å². The summed E-state index contributed by atoms with van der Waals surface area (Å²) in [7, 11) is 1.49. The summed E-state index contributed by atoms with van der Waals surface area (Å²) in [4.78, 5) is 9.87. The third-order valence-corrected chi connectivity index (χ3v) is 2.82. The normalized spacial score (nSPS) is 44.3. The standard InChI is InChI=1S/C8H13NO6/c1-13-5-2-8(10,4-9(11)12)7-14-3-6(5)15-7/h5-7,10H,2-4H2,1H3/t5-,6+,7+,8?/m0/s1. The smallest absolute Gasteiger partial charge is 0.237 e. The molecule has 1 N–H and O–H groups in total. The van der Waals surface area contributed by atoms with Crippen LogP contribution in [0.5, 0.6) is 0 Å². The molecule has 7 nitrogen and oxygen atoms in total. The van der Waals surface area contributed by atoms with E-state index in [1.165, 1.54) is 7.11 Å². The van der Waals surface area contributed by atoms with Gasteiger partial charge in [-0.15, -0.1) is 0 Å². The molecule has 2 saturated heterocycles. The molecule has 2 aliphatic heterocycles. The Balaban J connectivity index is 2.14. The van der Waals surface area contributed by atoms with Gasteiger partial charge in [-0.05, 0) is 0 Å². The highest BCUT2D eigenvalue weighted by molar-refractivity contribution is 4.96. The molecule has 0 aromatic carbocycles. The van der Waals surface area contributed by atoms with Crippen molar-refractivity contribution in [1.82, 2.24) is 0 Å². The fraction of sp³-hybridized carbons (Fsp3) is 1.00. The minimum absolute atomic E-state index is 0.166. The van der Waals surface area contributed by atoms with Gasteiger partial charge in [0.25, 0.3) is 0 Å². The highest BCUT2D eigenvalue weighted by Gasteiger charge is 2.55. The first-order chi connectivity index (χ1) is 7.05. The van der Waals surface area contributed by atoms with E-state index in [0.717, 1.165) is 0 Å². The average Bonchev–Trinajstić information content (AvgIpc) is 2.58. The zero-order valence-electron chi connectivity index (χ0n) is 8.29. The topological polar surface area (TPSA) is 91.1 Å². The Morgan fingerprint density at radius 1 is 1.73 bits per heavy atom. The SMILES string of the molecule is CO[C@H]1CC(O)(C[N+](=O)[O-])[C@@H]2OC[C@H]1O2. The van der Waals surface area contributed by atoms with Crippen LogP contribution in [0.4, 0.5) is 0 Å². The molecule has 0 spiro atoms. The van der Waals surface area contributed by atoms with Crippen LogP contribution in [0.25, 0.3) is 0 Å². The number of hydrogen-bond donors (Lipinski definition) is 1. The monoisotopic (exact) mass is 219 g/mol. The lowest BCUT2D eigenvalue weighted by Gasteiger charge is -2.36. The summed E-state index contributed by atoms with van der Waals surface area (Å²) >= 11 is 0. The summed E-state index contributed by atoms with van der Waals surface area (Å²) < 4.78 is 15.6. The number of ether oxygens (including phenoxy) is 3. The fourth-order valence-corrected chi connectivity index (χ4v) is 2.07. The molecule has 2 fully saturated rings. The van der Waals surface area contributed by atoms with Gasteiger partial charge in [-0.1, -0.05) is 0 Å². The van der Waals surface area contributed by atoms with Crippen LogP contribution in [0.2, 0.25) is 0 Å². The molecule has 0 aromatic rings. The van der Waals surface area contributed by atoms with Crippen LogP contribution < -0.4 is 0 Å².